The summed E-state index contributed by atoms with van der Waals surface area (Å²) in [6.45, 7) is 2.91. The fraction of sp³-hybridized carbons (Fsp3) is 0.300. The normalized spacial score (nSPS) is 10.8. The number of rotatable bonds is 9. The van der Waals surface area contributed by atoms with Gasteiger partial charge in [0.25, 0.3) is 0 Å². The summed E-state index contributed by atoms with van der Waals surface area (Å²) in [7, 11) is 1.61. The van der Waals surface area contributed by atoms with E-state index in [1.165, 1.54) is 0 Å². The van der Waals surface area contributed by atoms with Crippen LogP contribution in [0.4, 0.5) is 0 Å². The minimum Gasteiger partial charge on any atom is -0.493 e. The van der Waals surface area contributed by atoms with E-state index in [2.05, 4.69) is 38.5 Å². The van der Waals surface area contributed by atoms with Gasteiger partial charge in [0.05, 0.1) is 13.7 Å². The van der Waals surface area contributed by atoms with Crippen LogP contribution in [0.3, 0.4) is 0 Å². The van der Waals surface area contributed by atoms with Crippen molar-refractivity contribution in [2.45, 2.75) is 32.9 Å². The van der Waals surface area contributed by atoms with E-state index in [0.29, 0.717) is 39.5 Å². The highest BCUT2D eigenvalue weighted by atomic mass is 79.9. The number of benzene rings is 2. The minimum absolute atomic E-state index is 0.293. The summed E-state index contributed by atoms with van der Waals surface area (Å²) in [4.78, 5) is 0. The molecule has 2 aromatic carbocycles. The zero-order valence-electron chi connectivity index (χ0n) is 16.5. The molecule has 1 heterocycles. The zero-order valence-corrected chi connectivity index (χ0v) is 20.4. The number of methoxy groups -OCH3 is 1. The minimum atomic E-state index is 0.293. The van der Waals surface area contributed by atoms with Gasteiger partial charge in [-0.1, -0.05) is 52.1 Å². The predicted molar refractivity (Wildman–Crippen MR) is 126 cm³/mol. The first kappa shape index (κ1) is 22.9. The van der Waals surface area contributed by atoms with Gasteiger partial charge >= 0.3 is 0 Å². The lowest BCUT2D eigenvalue weighted by Gasteiger charge is -2.16. The third-order valence-electron chi connectivity index (χ3n) is 4.37. The van der Waals surface area contributed by atoms with Crippen LogP contribution in [0.2, 0.25) is 10.0 Å². The Balaban J connectivity index is 1.75. The van der Waals surface area contributed by atoms with E-state index in [4.69, 9.17) is 44.9 Å². The van der Waals surface area contributed by atoms with Crippen molar-refractivity contribution in [2.75, 3.05) is 12.5 Å². The van der Waals surface area contributed by atoms with Gasteiger partial charge in [0, 0.05) is 26.5 Å². The first-order valence-electron chi connectivity index (χ1n) is 9.26. The van der Waals surface area contributed by atoms with Crippen LogP contribution in [0.5, 0.6) is 11.5 Å². The van der Waals surface area contributed by atoms with Crippen molar-refractivity contribution in [3.8, 4) is 11.5 Å². The Morgan fingerprint density at radius 3 is 2.70 bits per heavy atom. The van der Waals surface area contributed by atoms with Crippen LogP contribution >= 0.6 is 51.3 Å². The molecule has 0 fully saturated rings. The summed E-state index contributed by atoms with van der Waals surface area (Å²) in [5.41, 5.74) is 5.12. The Hall–Kier alpha value is -1.74. The maximum absolute atomic E-state index is 6.23. The Morgan fingerprint density at radius 2 is 2.00 bits per heavy atom. The molecule has 0 saturated heterocycles. The van der Waals surface area contributed by atoms with Gasteiger partial charge in [0.15, 0.2) is 17.3 Å². The molecule has 0 unspecified atom stereocenters. The molecule has 0 spiro atoms. The van der Waals surface area contributed by atoms with Crippen LogP contribution in [0.15, 0.2) is 34.8 Å². The Bertz CT molecular complexity index is 1090. The van der Waals surface area contributed by atoms with Gasteiger partial charge < -0.3 is 14.9 Å². The highest BCUT2D eigenvalue weighted by Gasteiger charge is 2.13. The summed E-state index contributed by atoms with van der Waals surface area (Å²) in [6.07, 6.45) is 1.80. The van der Waals surface area contributed by atoms with Gasteiger partial charge in [-0.05, 0) is 48.5 Å². The molecule has 6 nitrogen and oxygen atoms in total. The number of hydrogen-bond acceptors (Lipinski definition) is 5. The Labute approximate surface area is 198 Å². The monoisotopic (exact) mass is 530 g/mol. The summed E-state index contributed by atoms with van der Waals surface area (Å²) in [5.74, 6) is 2.08. The number of nitrogens with zero attached hydrogens (tertiary/aromatic N) is 2. The Morgan fingerprint density at radius 1 is 1.20 bits per heavy atom. The molecule has 1 aromatic heterocycles. The van der Waals surface area contributed by atoms with Crippen molar-refractivity contribution in [3.63, 3.8) is 0 Å². The molecular weight excluding hydrogens is 511 g/mol. The maximum Gasteiger partial charge on any atom is 0.214 e. The molecule has 0 aliphatic heterocycles. The molecule has 3 aromatic rings. The zero-order chi connectivity index (χ0) is 21.7. The molecule has 0 radical (unpaired) electrons. The quantitative estimate of drug-likeness (QED) is 0.317. The Kier molecular flexibility index (Phi) is 8.05. The van der Waals surface area contributed by atoms with Crippen molar-refractivity contribution < 1.29 is 9.47 Å². The van der Waals surface area contributed by atoms with E-state index in [-0.39, 0.29) is 0 Å². The number of aromatic nitrogens is 3. The number of ether oxygens (including phenoxy) is 2. The largest absolute Gasteiger partial charge is 0.493 e. The number of H-pyrrole nitrogens is 1. The molecule has 0 atom stereocenters. The molecule has 3 rings (SSSR count). The van der Waals surface area contributed by atoms with E-state index < -0.39 is 0 Å². The summed E-state index contributed by atoms with van der Waals surface area (Å²) in [5, 5.41) is 8.22. The lowest BCUT2D eigenvalue weighted by atomic mass is 10.2. The van der Waals surface area contributed by atoms with Crippen LogP contribution in [-0.4, -0.2) is 22.0 Å². The van der Waals surface area contributed by atoms with E-state index in [1.807, 2.05) is 18.2 Å². The first-order valence-corrected chi connectivity index (χ1v) is 11.2. The topological polar surface area (TPSA) is 64.1 Å². The molecule has 0 saturated carbocycles. The van der Waals surface area contributed by atoms with Crippen LogP contribution in [0.1, 0.15) is 30.3 Å². The molecular formula is C20H21BrCl2N4O2S. The molecule has 0 aliphatic carbocycles. The highest BCUT2D eigenvalue weighted by molar-refractivity contribution is 9.10. The fourth-order valence-corrected chi connectivity index (χ4v) is 3.97. The third-order valence-corrected chi connectivity index (χ3v) is 5.97. The van der Waals surface area contributed by atoms with Crippen LogP contribution in [-0.2, 0) is 19.6 Å². The smallest absolute Gasteiger partial charge is 0.214 e. The van der Waals surface area contributed by atoms with Gasteiger partial charge in [0.2, 0.25) is 4.77 Å². The molecule has 160 valence electrons. The summed E-state index contributed by atoms with van der Waals surface area (Å²) >= 11 is 21.1. The van der Waals surface area contributed by atoms with Gasteiger partial charge in [-0.2, -0.15) is 5.10 Å². The molecule has 10 heteroatoms. The maximum atomic E-state index is 6.23. The summed E-state index contributed by atoms with van der Waals surface area (Å²) < 4.78 is 14.7. The predicted octanol–water partition coefficient (Wildman–Crippen LogP) is 6.29. The molecule has 0 amide bonds. The van der Waals surface area contributed by atoms with Gasteiger partial charge in [0.1, 0.15) is 6.61 Å². The molecule has 2 N–H and O–H groups in total. The molecule has 0 bridgehead atoms. The van der Waals surface area contributed by atoms with E-state index in [9.17, 15) is 0 Å². The van der Waals surface area contributed by atoms with Gasteiger partial charge in [-0.15, -0.1) is 0 Å². The SMILES string of the molecule is CCCc1n[nH]c(=S)n1NCc1cc(OC)c(OCc2ccc(Cl)cc2Cl)cc1Br. The van der Waals surface area contributed by atoms with Crippen LogP contribution in [0.25, 0.3) is 0 Å². The lowest BCUT2D eigenvalue weighted by molar-refractivity contribution is 0.284. The van der Waals surface area contributed by atoms with E-state index in [1.54, 1.807) is 23.9 Å². The van der Waals surface area contributed by atoms with Crippen LogP contribution < -0.4 is 14.9 Å². The van der Waals surface area contributed by atoms with Crippen molar-refractivity contribution in [3.05, 3.63) is 66.6 Å². The lowest BCUT2D eigenvalue weighted by Crippen LogP contribution is -2.18. The van der Waals surface area contributed by atoms with E-state index in [0.717, 1.165) is 34.3 Å². The van der Waals surface area contributed by atoms with Gasteiger partial charge in [-0.3, -0.25) is 5.10 Å². The van der Waals surface area contributed by atoms with E-state index >= 15 is 0 Å². The van der Waals surface area contributed by atoms with Crippen molar-refractivity contribution in [2.24, 2.45) is 0 Å². The summed E-state index contributed by atoms with van der Waals surface area (Å²) in [6, 6.07) is 9.10. The van der Waals surface area contributed by atoms with Crippen molar-refractivity contribution >= 4 is 51.3 Å². The number of aryl methyl sites for hydroxylation is 1. The second-order valence-corrected chi connectivity index (χ2v) is 8.57. The second kappa shape index (κ2) is 10.5. The average Bonchev–Trinajstić information content (AvgIpc) is 3.06. The fourth-order valence-electron chi connectivity index (χ4n) is 2.83. The standard InChI is InChI=1S/C20H21BrCl2N4O2S/c1-3-4-19-25-26-20(30)27(19)24-10-13-7-17(28-2)18(9-15(13)21)29-11-12-5-6-14(22)8-16(12)23/h5-9,24H,3-4,10-11H2,1-2H3,(H,26,30). The highest BCUT2D eigenvalue weighted by Crippen LogP contribution is 2.35. The molecule has 30 heavy (non-hydrogen) atoms. The molecule has 0 aliphatic rings. The van der Waals surface area contributed by atoms with Crippen molar-refractivity contribution in [1.29, 1.82) is 0 Å². The number of halogens is 3. The number of aromatic amines is 1. The average molecular weight is 532 g/mol. The van der Waals surface area contributed by atoms with Crippen molar-refractivity contribution in [1.82, 2.24) is 14.9 Å². The number of hydrogen-bond donors (Lipinski definition) is 2. The number of nitrogens with one attached hydrogen (secondary N) is 2. The van der Waals surface area contributed by atoms with Gasteiger partial charge in [-0.25, -0.2) is 4.68 Å². The van der Waals surface area contributed by atoms with Crippen LogP contribution in [0, 0.1) is 4.77 Å². The third kappa shape index (κ3) is 5.49. The second-order valence-electron chi connectivity index (χ2n) is 6.48. The first-order chi connectivity index (χ1) is 14.4.